The largest absolute Gasteiger partial charge is 0.457 e. The van der Waals surface area contributed by atoms with Crippen molar-refractivity contribution < 1.29 is 28.0 Å². The van der Waals surface area contributed by atoms with Crippen LogP contribution in [0.3, 0.4) is 0 Å². The predicted molar refractivity (Wildman–Crippen MR) is 367 cm³/mol. The SMILES string of the molecule is [2H]c1c([2H])c([2H])c(-c2cnc(-n3c4cc(Oc5cccc(N6CN(c7c(-c8ccc9c(c8)C(C)(C)CCC9(C)C)cc(C(C)(C)C)cc7-c7c([2H])c(-c8ccccc8)c([2H])c(-c8c([2H])c([2H])c([2H])c([2H])c8[2H])c7[2H])c7ccccc76)c5)ccc4c4c([2H])c([2H])c([2H])c([2H])c43)cc2C(C)(C)C)c([2H])c1[2H]. The molecule has 2 aliphatic rings. The van der Waals surface area contributed by atoms with Gasteiger partial charge in [-0.25, -0.2) is 4.98 Å². The van der Waals surface area contributed by atoms with E-state index in [0.29, 0.717) is 56.0 Å². The fourth-order valence-corrected chi connectivity index (χ4v) is 12.6. The van der Waals surface area contributed by atoms with E-state index in [9.17, 15) is 9.60 Å². The van der Waals surface area contributed by atoms with Crippen LogP contribution in [0.15, 0.2) is 242 Å². The van der Waals surface area contributed by atoms with E-state index < -0.39 is 83.3 Å². The summed E-state index contributed by atoms with van der Waals surface area (Å²) in [6.45, 7) is 21.4. The second-order valence-corrected chi connectivity index (χ2v) is 26.2. The van der Waals surface area contributed by atoms with Gasteiger partial charge in [0, 0.05) is 51.5 Å². The van der Waals surface area contributed by atoms with E-state index in [1.807, 2.05) is 81.4 Å². The van der Waals surface area contributed by atoms with E-state index >= 15 is 0 Å². The molecule has 14 rings (SSSR count). The molecule has 0 fully saturated rings. The fraction of sp³-hybridized carbons (Fsp3) is 0.207. The Morgan fingerprint density at radius 1 is 0.460 bits per heavy atom. The number of hydrogen-bond acceptors (Lipinski definition) is 4. The lowest BCUT2D eigenvalue weighted by Crippen LogP contribution is -2.33. The summed E-state index contributed by atoms with van der Waals surface area (Å²) >= 11 is 0. The van der Waals surface area contributed by atoms with Crippen LogP contribution >= 0.6 is 0 Å². The summed E-state index contributed by atoms with van der Waals surface area (Å²) in [5, 5.41) is 0.710. The molecule has 5 heteroatoms. The number of anilines is 4. The first kappa shape index (κ1) is 39.3. The van der Waals surface area contributed by atoms with Gasteiger partial charge in [0.15, 0.2) is 0 Å². The van der Waals surface area contributed by atoms with Gasteiger partial charge < -0.3 is 14.5 Å². The van der Waals surface area contributed by atoms with Crippen molar-refractivity contribution >= 4 is 44.6 Å². The molecule has 1 aliphatic heterocycles. The predicted octanol–water partition coefficient (Wildman–Crippen LogP) is 22.5. The molecular formula is C82H76N4O. The first-order valence-corrected chi connectivity index (χ1v) is 29.6. The number of benzene rings is 10. The fourth-order valence-electron chi connectivity index (χ4n) is 12.6. The van der Waals surface area contributed by atoms with Crippen LogP contribution in [0.25, 0.3) is 83.3 Å². The molecule has 1 aliphatic carbocycles. The first-order valence-electron chi connectivity index (χ1n) is 38.1. The van der Waals surface area contributed by atoms with Crippen molar-refractivity contribution in [1.29, 1.82) is 0 Å². The maximum absolute atomic E-state index is 10.6. The van der Waals surface area contributed by atoms with E-state index in [1.54, 1.807) is 53.1 Å². The van der Waals surface area contributed by atoms with Gasteiger partial charge >= 0.3 is 0 Å². The average molecular weight is 1150 g/mol. The molecule has 0 spiro atoms. The molecule has 0 radical (unpaired) electrons. The molecule has 0 saturated carbocycles. The Morgan fingerprint density at radius 3 is 1.79 bits per heavy atom. The van der Waals surface area contributed by atoms with E-state index in [4.69, 9.17) is 23.4 Å². The summed E-state index contributed by atoms with van der Waals surface area (Å²) in [6, 6.07) is 34.7. The molecular weight excluding hydrogens is 1060 g/mol. The van der Waals surface area contributed by atoms with E-state index in [1.165, 1.54) is 17.3 Å². The maximum Gasteiger partial charge on any atom is 0.137 e. The zero-order chi connectivity index (χ0) is 74.8. The standard InChI is InChI=1S/C82H76N4O/c1-79(2,3)61-47-67(57-37-40-70-72(46-57)82(9,10)42-41-81(70,7)8)78(68(48-61)60-44-58(54-25-14-11-15-26-54)43-59(45-60)55-27-16-12-17-28-55)85-53-84(74-35-22-23-36-75(74)85)62-31-24-32-63(49-62)87-64-38-39-66-65-33-20-21-34-73(65)86(76(66)50-64)77-51-71(80(4,5)6)69(52-83-77)56-29-18-13-19-30-56/h11-40,43-52H,41-42,53H2,1-10H3/i11D,13D,14D,15D,18D,19D,20D,21D,25D,26D,29D,30D,33D,34D,43D,44D,45D. The van der Waals surface area contributed by atoms with Crippen LogP contribution in [0.1, 0.15) is 128 Å². The minimum absolute atomic E-state index is 0.0272. The van der Waals surface area contributed by atoms with Crippen molar-refractivity contribution in [2.24, 2.45) is 0 Å². The summed E-state index contributed by atoms with van der Waals surface area (Å²) in [5.74, 6) is 0.991. The second-order valence-electron chi connectivity index (χ2n) is 26.2. The summed E-state index contributed by atoms with van der Waals surface area (Å²) in [4.78, 5) is 9.22. The lowest BCUT2D eigenvalue weighted by Gasteiger charge is -2.42. The third-order valence-corrected chi connectivity index (χ3v) is 17.4. The number of nitrogens with zero attached hydrogens (tertiary/aromatic N) is 4. The number of rotatable bonds is 10. The highest BCUT2D eigenvalue weighted by Gasteiger charge is 2.39. The highest BCUT2D eigenvalue weighted by atomic mass is 16.5. The number of fused-ring (bicyclic) bond motifs is 5. The number of para-hydroxylation sites is 3. The Hall–Kier alpha value is -9.45. The molecule has 2 aromatic heterocycles. The van der Waals surface area contributed by atoms with Gasteiger partial charge in [0.05, 0.1) is 51.4 Å². The molecule has 12 aromatic rings. The van der Waals surface area contributed by atoms with Crippen LogP contribution in [0.2, 0.25) is 0 Å². The quantitative estimate of drug-likeness (QED) is 0.137. The van der Waals surface area contributed by atoms with Gasteiger partial charge in [-0.15, -0.1) is 0 Å². The molecule has 0 amide bonds. The third-order valence-electron chi connectivity index (χ3n) is 17.4. The Morgan fingerprint density at radius 2 is 1.08 bits per heavy atom. The number of hydrogen-bond donors (Lipinski definition) is 0. The highest BCUT2D eigenvalue weighted by Crippen LogP contribution is 2.54. The molecule has 0 N–H and O–H groups in total. The lowest BCUT2D eigenvalue weighted by molar-refractivity contribution is 0.332. The Balaban J connectivity index is 0.961. The Bertz CT molecular complexity index is 5600. The van der Waals surface area contributed by atoms with Crippen LogP contribution < -0.4 is 14.5 Å². The normalized spacial score (nSPS) is 17.3. The third kappa shape index (κ3) is 10.2. The monoisotopic (exact) mass is 1150 g/mol. The van der Waals surface area contributed by atoms with Gasteiger partial charge in [0.2, 0.25) is 0 Å². The maximum atomic E-state index is 10.6. The molecule has 0 atom stereocenters. The molecule has 0 saturated heterocycles. The summed E-state index contributed by atoms with van der Waals surface area (Å²) in [6.07, 6.45) is 3.40. The summed E-state index contributed by atoms with van der Waals surface area (Å²) in [5.41, 5.74) is 8.31. The van der Waals surface area contributed by atoms with Gasteiger partial charge in [0.25, 0.3) is 0 Å². The van der Waals surface area contributed by atoms with Gasteiger partial charge in [-0.3, -0.25) is 4.57 Å². The molecule has 87 heavy (non-hydrogen) atoms. The van der Waals surface area contributed by atoms with E-state index in [2.05, 4.69) is 82.5 Å². The number of ether oxygens (including phenoxy) is 1. The highest BCUT2D eigenvalue weighted by molar-refractivity contribution is 6.09. The summed E-state index contributed by atoms with van der Waals surface area (Å²) in [7, 11) is 0. The lowest BCUT2D eigenvalue weighted by atomic mass is 9.63. The van der Waals surface area contributed by atoms with Crippen LogP contribution in [0.5, 0.6) is 11.5 Å². The molecule has 5 nitrogen and oxygen atoms in total. The van der Waals surface area contributed by atoms with E-state index in [0.717, 1.165) is 40.9 Å². The molecule has 0 bridgehead atoms. The topological polar surface area (TPSA) is 33.5 Å². The van der Waals surface area contributed by atoms with Gasteiger partial charge in [-0.2, -0.15) is 0 Å². The molecule has 3 heterocycles. The smallest absolute Gasteiger partial charge is 0.137 e. The summed E-state index contributed by atoms with van der Waals surface area (Å²) < 4.78 is 164. The van der Waals surface area contributed by atoms with Crippen molar-refractivity contribution in [2.45, 2.75) is 104 Å². The number of pyridine rings is 1. The van der Waals surface area contributed by atoms with Crippen LogP contribution in [-0.4, -0.2) is 16.2 Å². The first-order chi connectivity index (χ1) is 48.9. The van der Waals surface area contributed by atoms with E-state index in [-0.39, 0.29) is 92.2 Å². The van der Waals surface area contributed by atoms with Crippen LogP contribution in [-0.2, 0) is 21.7 Å². The van der Waals surface area contributed by atoms with Gasteiger partial charge in [0.1, 0.15) is 24.0 Å². The van der Waals surface area contributed by atoms with Gasteiger partial charge in [-0.05, 0) is 174 Å². The number of aromatic nitrogens is 2. The minimum atomic E-state index is -0.721. The average Bonchev–Trinajstić information content (AvgIpc) is 1.32. The van der Waals surface area contributed by atoms with Crippen molar-refractivity contribution in [3.05, 3.63) is 265 Å². The van der Waals surface area contributed by atoms with Crippen molar-refractivity contribution in [1.82, 2.24) is 9.55 Å². The Labute approximate surface area is 538 Å². The second kappa shape index (κ2) is 21.2. The van der Waals surface area contributed by atoms with Gasteiger partial charge in [-0.1, -0.05) is 215 Å². The minimum Gasteiger partial charge on any atom is -0.457 e. The zero-order valence-electron chi connectivity index (χ0n) is 67.6. The molecule has 0 unspecified atom stereocenters. The van der Waals surface area contributed by atoms with Crippen LogP contribution in [0, 0.1) is 0 Å². The Kier molecular flexibility index (Phi) is 9.58. The van der Waals surface area contributed by atoms with Crippen molar-refractivity contribution in [3.8, 4) is 73.0 Å². The molecule has 10 aromatic carbocycles. The zero-order valence-corrected chi connectivity index (χ0v) is 50.6. The molecule has 430 valence electrons. The van der Waals surface area contributed by atoms with Crippen molar-refractivity contribution in [3.63, 3.8) is 0 Å². The van der Waals surface area contributed by atoms with Crippen LogP contribution in [0.4, 0.5) is 22.7 Å². The van der Waals surface area contributed by atoms with Crippen molar-refractivity contribution in [2.75, 3.05) is 16.5 Å².